The van der Waals surface area contributed by atoms with Crippen LogP contribution in [0.4, 0.5) is 5.95 Å². The van der Waals surface area contributed by atoms with Crippen molar-refractivity contribution < 1.29 is 4.79 Å². The van der Waals surface area contributed by atoms with Gasteiger partial charge in [0.2, 0.25) is 11.9 Å². The number of rotatable bonds is 2. The van der Waals surface area contributed by atoms with Crippen LogP contribution in [0, 0.1) is 17.8 Å². The molecule has 80 valence electrons. The summed E-state index contributed by atoms with van der Waals surface area (Å²) in [6, 6.07) is 0. The Labute approximate surface area is 88.5 Å². The molecule has 3 rings (SSSR count). The standard InChI is InChI=1S/C11H15N3O/c15-10(14-11-12-3-4-13-11)9-6-7-1-2-8(9)5-7/h3-4,7-9H,1-2,5-6H2,(H2,12,13,14,15). The van der Waals surface area contributed by atoms with Crippen LogP contribution in [0.5, 0.6) is 0 Å². The molecule has 3 atom stereocenters. The van der Waals surface area contributed by atoms with Gasteiger partial charge in [-0.2, -0.15) is 0 Å². The minimum Gasteiger partial charge on any atom is -0.331 e. The van der Waals surface area contributed by atoms with E-state index >= 15 is 0 Å². The van der Waals surface area contributed by atoms with E-state index in [0.29, 0.717) is 11.9 Å². The summed E-state index contributed by atoms with van der Waals surface area (Å²) in [5, 5.41) is 2.84. The second-order valence-corrected chi connectivity index (χ2v) is 4.71. The number of carbonyl (C=O) groups is 1. The van der Waals surface area contributed by atoms with E-state index in [4.69, 9.17) is 0 Å². The molecule has 0 aliphatic heterocycles. The van der Waals surface area contributed by atoms with Crippen molar-refractivity contribution in [3.8, 4) is 0 Å². The summed E-state index contributed by atoms with van der Waals surface area (Å²) in [5.41, 5.74) is 0. The van der Waals surface area contributed by atoms with E-state index in [1.807, 2.05) is 0 Å². The van der Waals surface area contributed by atoms with Crippen LogP contribution in [0.2, 0.25) is 0 Å². The number of nitrogens with one attached hydrogen (secondary N) is 2. The van der Waals surface area contributed by atoms with Crippen molar-refractivity contribution in [3.05, 3.63) is 12.4 Å². The first-order valence-corrected chi connectivity index (χ1v) is 5.63. The Kier molecular flexibility index (Phi) is 2.01. The average Bonchev–Trinajstić information content (AvgIpc) is 2.93. The highest BCUT2D eigenvalue weighted by molar-refractivity contribution is 5.91. The number of aromatic nitrogens is 2. The molecule has 3 unspecified atom stereocenters. The normalized spacial score (nSPS) is 33.2. The van der Waals surface area contributed by atoms with Crippen LogP contribution in [0.3, 0.4) is 0 Å². The van der Waals surface area contributed by atoms with Gasteiger partial charge in [0.05, 0.1) is 0 Å². The molecule has 4 nitrogen and oxygen atoms in total. The summed E-state index contributed by atoms with van der Waals surface area (Å²) in [7, 11) is 0. The Morgan fingerprint density at radius 1 is 1.47 bits per heavy atom. The number of nitrogens with zero attached hydrogens (tertiary/aromatic N) is 1. The number of fused-ring (bicyclic) bond motifs is 2. The quantitative estimate of drug-likeness (QED) is 0.773. The van der Waals surface area contributed by atoms with Gasteiger partial charge >= 0.3 is 0 Å². The molecule has 1 aromatic heterocycles. The van der Waals surface area contributed by atoms with Gasteiger partial charge in [-0.15, -0.1) is 0 Å². The molecule has 1 aromatic rings. The van der Waals surface area contributed by atoms with Crippen molar-refractivity contribution in [1.82, 2.24) is 9.97 Å². The minimum atomic E-state index is 0.150. The van der Waals surface area contributed by atoms with Crippen molar-refractivity contribution >= 4 is 11.9 Å². The number of H-pyrrole nitrogens is 1. The molecule has 0 radical (unpaired) electrons. The van der Waals surface area contributed by atoms with Crippen LogP contribution in [-0.4, -0.2) is 15.9 Å². The van der Waals surface area contributed by atoms with Gasteiger partial charge in [0.25, 0.3) is 0 Å². The molecule has 1 heterocycles. The fourth-order valence-corrected chi connectivity index (χ4v) is 3.11. The number of amides is 1. The first-order chi connectivity index (χ1) is 7.33. The molecule has 2 bridgehead atoms. The minimum absolute atomic E-state index is 0.150. The monoisotopic (exact) mass is 205 g/mol. The fourth-order valence-electron chi connectivity index (χ4n) is 3.11. The van der Waals surface area contributed by atoms with Crippen LogP contribution in [0.25, 0.3) is 0 Å². The van der Waals surface area contributed by atoms with E-state index in [1.165, 1.54) is 19.3 Å². The number of anilines is 1. The second-order valence-electron chi connectivity index (χ2n) is 4.71. The lowest BCUT2D eigenvalue weighted by Crippen LogP contribution is -2.27. The fraction of sp³-hybridized carbons (Fsp3) is 0.636. The van der Waals surface area contributed by atoms with Crippen LogP contribution in [0.1, 0.15) is 25.7 Å². The van der Waals surface area contributed by atoms with Gasteiger partial charge in [0, 0.05) is 18.3 Å². The first-order valence-electron chi connectivity index (χ1n) is 5.63. The molecule has 0 spiro atoms. The third kappa shape index (κ3) is 1.54. The Balaban J connectivity index is 1.66. The second kappa shape index (κ2) is 3.36. The maximum atomic E-state index is 11.9. The first kappa shape index (κ1) is 8.95. The van der Waals surface area contributed by atoms with Crippen LogP contribution < -0.4 is 5.32 Å². The maximum absolute atomic E-state index is 11.9. The molecule has 15 heavy (non-hydrogen) atoms. The third-order valence-corrected chi connectivity index (χ3v) is 3.81. The smallest absolute Gasteiger partial charge is 0.230 e. The zero-order valence-electron chi connectivity index (χ0n) is 8.57. The van der Waals surface area contributed by atoms with Crippen LogP contribution in [0.15, 0.2) is 12.4 Å². The molecular weight excluding hydrogens is 190 g/mol. The molecule has 0 aromatic carbocycles. The van der Waals surface area contributed by atoms with Crippen LogP contribution in [-0.2, 0) is 4.79 Å². The summed E-state index contributed by atoms with van der Waals surface area (Å²) in [4.78, 5) is 18.8. The van der Waals surface area contributed by atoms with E-state index in [2.05, 4.69) is 15.3 Å². The molecule has 1 amide bonds. The van der Waals surface area contributed by atoms with Crippen molar-refractivity contribution in [2.45, 2.75) is 25.7 Å². The highest BCUT2D eigenvalue weighted by Crippen LogP contribution is 2.48. The predicted molar refractivity (Wildman–Crippen MR) is 56.2 cm³/mol. The Hall–Kier alpha value is -1.32. The van der Waals surface area contributed by atoms with Crippen LogP contribution >= 0.6 is 0 Å². The largest absolute Gasteiger partial charge is 0.331 e. The zero-order chi connectivity index (χ0) is 10.3. The van der Waals surface area contributed by atoms with Gasteiger partial charge < -0.3 is 4.98 Å². The van der Waals surface area contributed by atoms with E-state index in [9.17, 15) is 4.79 Å². The van der Waals surface area contributed by atoms with Gasteiger partial charge in [-0.05, 0) is 31.1 Å². The molecule has 2 saturated carbocycles. The van der Waals surface area contributed by atoms with E-state index in [-0.39, 0.29) is 11.8 Å². The number of carbonyl (C=O) groups excluding carboxylic acids is 1. The topological polar surface area (TPSA) is 57.8 Å². The lowest BCUT2D eigenvalue weighted by Gasteiger charge is -2.19. The summed E-state index contributed by atoms with van der Waals surface area (Å²) in [6.07, 6.45) is 8.27. The van der Waals surface area contributed by atoms with Crippen molar-refractivity contribution in [2.75, 3.05) is 5.32 Å². The molecule has 2 aliphatic rings. The van der Waals surface area contributed by atoms with Gasteiger partial charge in [-0.25, -0.2) is 4.98 Å². The van der Waals surface area contributed by atoms with Gasteiger partial charge in [0.15, 0.2) is 0 Å². The highest BCUT2D eigenvalue weighted by Gasteiger charge is 2.43. The number of imidazole rings is 1. The lowest BCUT2D eigenvalue weighted by molar-refractivity contribution is -0.121. The SMILES string of the molecule is O=C(Nc1ncc[nH]1)C1CC2CCC1C2. The molecule has 2 N–H and O–H groups in total. The van der Waals surface area contributed by atoms with E-state index in [1.54, 1.807) is 12.4 Å². The summed E-state index contributed by atoms with van der Waals surface area (Å²) in [5.74, 6) is 2.39. The average molecular weight is 205 g/mol. The molecule has 2 fully saturated rings. The molecular formula is C11H15N3O. The van der Waals surface area contributed by atoms with E-state index in [0.717, 1.165) is 12.3 Å². The summed E-state index contributed by atoms with van der Waals surface area (Å²) in [6.45, 7) is 0. The Bertz CT molecular complexity index is 360. The van der Waals surface area contributed by atoms with Crippen molar-refractivity contribution in [2.24, 2.45) is 17.8 Å². The summed E-state index contributed by atoms with van der Waals surface area (Å²) < 4.78 is 0. The highest BCUT2D eigenvalue weighted by atomic mass is 16.2. The van der Waals surface area contributed by atoms with Gasteiger partial charge in [-0.3, -0.25) is 10.1 Å². The molecule has 2 aliphatic carbocycles. The van der Waals surface area contributed by atoms with Crippen molar-refractivity contribution in [1.29, 1.82) is 0 Å². The Morgan fingerprint density at radius 2 is 2.40 bits per heavy atom. The van der Waals surface area contributed by atoms with Gasteiger partial charge in [0.1, 0.15) is 0 Å². The number of aromatic amines is 1. The third-order valence-electron chi connectivity index (χ3n) is 3.81. The Morgan fingerprint density at radius 3 is 3.00 bits per heavy atom. The lowest BCUT2D eigenvalue weighted by atomic mass is 9.88. The number of hydrogen-bond donors (Lipinski definition) is 2. The molecule has 4 heteroatoms. The van der Waals surface area contributed by atoms with Gasteiger partial charge in [-0.1, -0.05) is 6.42 Å². The molecule has 0 saturated heterocycles. The summed E-state index contributed by atoms with van der Waals surface area (Å²) >= 11 is 0. The maximum Gasteiger partial charge on any atom is 0.230 e. The van der Waals surface area contributed by atoms with E-state index < -0.39 is 0 Å². The van der Waals surface area contributed by atoms with Crippen molar-refractivity contribution in [3.63, 3.8) is 0 Å². The predicted octanol–water partition coefficient (Wildman–Crippen LogP) is 1.78. The zero-order valence-corrected chi connectivity index (χ0v) is 8.57. The number of hydrogen-bond acceptors (Lipinski definition) is 2.